The molecule has 138 valence electrons. The van der Waals surface area contributed by atoms with Crippen molar-refractivity contribution in [3.05, 3.63) is 24.3 Å². The third-order valence-corrected chi connectivity index (χ3v) is 5.73. The van der Waals surface area contributed by atoms with Crippen molar-refractivity contribution in [1.82, 2.24) is 9.62 Å². The van der Waals surface area contributed by atoms with Crippen molar-refractivity contribution in [2.24, 2.45) is 0 Å². The third-order valence-electron chi connectivity index (χ3n) is 4.32. The lowest BCUT2D eigenvalue weighted by atomic mass is 10.00. The summed E-state index contributed by atoms with van der Waals surface area (Å²) in [6, 6.07) is 6.01. The Morgan fingerprint density at radius 3 is 2.48 bits per heavy atom. The van der Waals surface area contributed by atoms with Crippen molar-refractivity contribution in [1.29, 1.82) is 0 Å². The van der Waals surface area contributed by atoms with E-state index < -0.39 is 10.0 Å². The number of carbonyl (C=O) groups is 2. The number of carbonyl (C=O) groups excluding carboxylic acids is 2. The molecule has 1 aliphatic rings. The number of sulfonamides is 1. The summed E-state index contributed by atoms with van der Waals surface area (Å²) < 4.78 is 27.0. The topological polar surface area (TPSA) is 95.6 Å². The Labute approximate surface area is 148 Å². The van der Waals surface area contributed by atoms with E-state index >= 15 is 0 Å². The van der Waals surface area contributed by atoms with Gasteiger partial charge in [-0.05, 0) is 49.9 Å². The van der Waals surface area contributed by atoms with Gasteiger partial charge in [-0.2, -0.15) is 0 Å². The fraction of sp³-hybridized carbons (Fsp3) is 0.529. The molecule has 1 saturated heterocycles. The van der Waals surface area contributed by atoms with Crippen molar-refractivity contribution in [2.45, 2.75) is 50.5 Å². The molecule has 0 radical (unpaired) electrons. The molecule has 1 aromatic carbocycles. The van der Waals surface area contributed by atoms with Crippen LogP contribution >= 0.6 is 0 Å². The quantitative estimate of drug-likeness (QED) is 0.800. The molecule has 8 heteroatoms. The second kappa shape index (κ2) is 8.44. The summed E-state index contributed by atoms with van der Waals surface area (Å²) in [5.41, 5.74) is 0.515. The van der Waals surface area contributed by atoms with Crippen LogP contribution in [0.1, 0.15) is 39.5 Å². The molecule has 2 N–H and O–H groups in total. The molecule has 1 unspecified atom stereocenters. The predicted molar refractivity (Wildman–Crippen MR) is 95.6 cm³/mol. The number of rotatable bonds is 6. The lowest BCUT2D eigenvalue weighted by molar-refractivity contribution is -0.133. The zero-order valence-corrected chi connectivity index (χ0v) is 15.4. The third kappa shape index (κ3) is 5.27. The lowest BCUT2D eigenvalue weighted by Gasteiger charge is -2.35. The molecule has 1 aromatic rings. The van der Waals surface area contributed by atoms with E-state index in [1.165, 1.54) is 31.2 Å². The molecule has 2 amide bonds. The molecule has 1 heterocycles. The Kier molecular flexibility index (Phi) is 6.55. The van der Waals surface area contributed by atoms with Crippen molar-refractivity contribution in [3.63, 3.8) is 0 Å². The summed E-state index contributed by atoms with van der Waals surface area (Å²) in [5, 5.41) is 2.57. The zero-order chi connectivity index (χ0) is 18.4. The van der Waals surface area contributed by atoms with Crippen molar-refractivity contribution in [2.75, 3.05) is 18.4 Å². The van der Waals surface area contributed by atoms with Crippen molar-refractivity contribution < 1.29 is 18.0 Å². The maximum Gasteiger partial charge on any atom is 0.241 e. The number of hydrogen-bond donors (Lipinski definition) is 2. The van der Waals surface area contributed by atoms with Gasteiger partial charge in [0.2, 0.25) is 21.8 Å². The molecule has 1 atom stereocenters. The highest BCUT2D eigenvalue weighted by Gasteiger charge is 2.26. The van der Waals surface area contributed by atoms with Crippen LogP contribution in [-0.4, -0.2) is 44.3 Å². The van der Waals surface area contributed by atoms with Gasteiger partial charge in [-0.25, -0.2) is 13.1 Å². The van der Waals surface area contributed by atoms with Crippen LogP contribution in [0.5, 0.6) is 0 Å². The molecule has 1 aliphatic heterocycles. The van der Waals surface area contributed by atoms with Crippen molar-refractivity contribution in [3.8, 4) is 0 Å². The van der Waals surface area contributed by atoms with Gasteiger partial charge in [-0.1, -0.05) is 6.92 Å². The number of benzene rings is 1. The van der Waals surface area contributed by atoms with Crippen LogP contribution in [0.15, 0.2) is 29.2 Å². The van der Waals surface area contributed by atoms with Gasteiger partial charge in [0.1, 0.15) is 0 Å². The number of nitrogens with one attached hydrogen (secondary N) is 2. The van der Waals surface area contributed by atoms with Crippen LogP contribution in [-0.2, 0) is 19.6 Å². The Bertz CT molecular complexity index is 716. The first kappa shape index (κ1) is 19.4. The van der Waals surface area contributed by atoms with Crippen LogP contribution < -0.4 is 10.0 Å². The SMILES string of the molecule is CCC1CCCCN1C(=O)CNS(=O)(=O)c1ccc(NC(C)=O)cc1. The molecule has 25 heavy (non-hydrogen) atoms. The van der Waals surface area contributed by atoms with E-state index in [0.29, 0.717) is 12.2 Å². The van der Waals surface area contributed by atoms with E-state index in [1.54, 1.807) is 4.90 Å². The predicted octanol–water partition coefficient (Wildman–Crippen LogP) is 1.71. The summed E-state index contributed by atoms with van der Waals surface area (Å²) >= 11 is 0. The number of amides is 2. The molecule has 2 rings (SSSR count). The minimum Gasteiger partial charge on any atom is -0.339 e. The Morgan fingerprint density at radius 2 is 1.88 bits per heavy atom. The monoisotopic (exact) mass is 367 g/mol. The van der Waals surface area contributed by atoms with Gasteiger partial charge >= 0.3 is 0 Å². The average molecular weight is 367 g/mol. The maximum absolute atomic E-state index is 12.4. The summed E-state index contributed by atoms with van der Waals surface area (Å²) in [6.45, 7) is 3.86. The largest absolute Gasteiger partial charge is 0.339 e. The molecule has 1 fully saturated rings. The number of nitrogens with zero attached hydrogens (tertiary/aromatic N) is 1. The molecule has 0 saturated carbocycles. The van der Waals surface area contributed by atoms with Gasteiger partial charge in [-0.15, -0.1) is 0 Å². The van der Waals surface area contributed by atoms with E-state index in [2.05, 4.69) is 10.0 Å². The van der Waals surface area contributed by atoms with Crippen LogP contribution in [0.3, 0.4) is 0 Å². The molecular formula is C17H25N3O4S. The van der Waals surface area contributed by atoms with Crippen LogP contribution in [0.2, 0.25) is 0 Å². The fourth-order valence-corrected chi connectivity index (χ4v) is 3.99. The highest BCUT2D eigenvalue weighted by molar-refractivity contribution is 7.89. The number of anilines is 1. The van der Waals surface area contributed by atoms with Gasteiger partial charge in [-0.3, -0.25) is 9.59 Å². The van der Waals surface area contributed by atoms with Gasteiger partial charge in [0.15, 0.2) is 0 Å². The number of hydrogen-bond acceptors (Lipinski definition) is 4. The molecule has 0 aliphatic carbocycles. The van der Waals surface area contributed by atoms with E-state index in [9.17, 15) is 18.0 Å². The minimum atomic E-state index is -3.77. The van der Waals surface area contributed by atoms with E-state index in [-0.39, 0.29) is 29.3 Å². The number of piperidine rings is 1. The Hall–Kier alpha value is -1.93. The maximum atomic E-state index is 12.4. The minimum absolute atomic E-state index is 0.0556. The van der Waals surface area contributed by atoms with Crippen LogP contribution in [0.4, 0.5) is 5.69 Å². The Balaban J connectivity index is 1.98. The molecule has 0 spiro atoms. The first-order chi connectivity index (χ1) is 11.8. The Morgan fingerprint density at radius 1 is 1.20 bits per heavy atom. The molecular weight excluding hydrogens is 342 g/mol. The average Bonchev–Trinajstić information content (AvgIpc) is 2.59. The van der Waals surface area contributed by atoms with E-state index in [0.717, 1.165) is 25.7 Å². The van der Waals surface area contributed by atoms with Gasteiger partial charge in [0.25, 0.3) is 0 Å². The highest BCUT2D eigenvalue weighted by atomic mass is 32.2. The summed E-state index contributed by atoms with van der Waals surface area (Å²) in [7, 11) is -3.77. The summed E-state index contributed by atoms with van der Waals surface area (Å²) in [5.74, 6) is -0.420. The smallest absolute Gasteiger partial charge is 0.241 e. The summed E-state index contributed by atoms with van der Waals surface area (Å²) in [6.07, 6.45) is 3.91. The van der Waals surface area contributed by atoms with Crippen LogP contribution in [0.25, 0.3) is 0 Å². The van der Waals surface area contributed by atoms with Gasteiger partial charge in [0, 0.05) is 25.2 Å². The first-order valence-corrected chi connectivity index (χ1v) is 9.98. The fourth-order valence-electron chi connectivity index (χ4n) is 3.02. The van der Waals surface area contributed by atoms with Gasteiger partial charge < -0.3 is 10.2 Å². The number of likely N-dealkylation sites (tertiary alicyclic amines) is 1. The van der Waals surface area contributed by atoms with Crippen LogP contribution in [0, 0.1) is 0 Å². The standard InChI is InChI=1S/C17H25N3O4S/c1-3-15-6-4-5-11-20(15)17(22)12-18-25(23,24)16-9-7-14(8-10-16)19-13(2)21/h7-10,15,18H,3-6,11-12H2,1-2H3,(H,19,21). The van der Waals surface area contributed by atoms with Gasteiger partial charge in [0.05, 0.1) is 11.4 Å². The van der Waals surface area contributed by atoms with E-state index in [1.807, 2.05) is 6.92 Å². The van der Waals surface area contributed by atoms with Crippen molar-refractivity contribution >= 4 is 27.5 Å². The molecule has 0 aromatic heterocycles. The normalized spacial score (nSPS) is 18.0. The zero-order valence-electron chi connectivity index (χ0n) is 14.6. The second-order valence-electron chi connectivity index (χ2n) is 6.18. The summed E-state index contributed by atoms with van der Waals surface area (Å²) in [4.78, 5) is 25.2. The second-order valence-corrected chi connectivity index (χ2v) is 7.94. The first-order valence-electron chi connectivity index (χ1n) is 8.50. The van der Waals surface area contributed by atoms with E-state index in [4.69, 9.17) is 0 Å². The lowest BCUT2D eigenvalue weighted by Crippen LogP contribution is -2.47. The molecule has 0 bridgehead atoms. The molecule has 7 nitrogen and oxygen atoms in total. The highest BCUT2D eigenvalue weighted by Crippen LogP contribution is 2.19.